The number of hydrogen-bond donors (Lipinski definition) is 1. The molecule has 1 amide bonds. The van der Waals surface area contributed by atoms with Crippen LogP contribution >= 0.6 is 11.6 Å². The predicted octanol–water partition coefficient (Wildman–Crippen LogP) is 4.01. The van der Waals surface area contributed by atoms with Gasteiger partial charge in [0.2, 0.25) is 0 Å². The number of amides is 1. The van der Waals surface area contributed by atoms with Crippen molar-refractivity contribution >= 4 is 17.5 Å². The van der Waals surface area contributed by atoms with Gasteiger partial charge in [0, 0.05) is 17.1 Å². The lowest BCUT2D eigenvalue weighted by Gasteiger charge is -2.39. The zero-order valence-electron chi connectivity index (χ0n) is 16.5. The van der Waals surface area contributed by atoms with Gasteiger partial charge in [0.15, 0.2) is 0 Å². The summed E-state index contributed by atoms with van der Waals surface area (Å²) in [5.74, 6) is 1.28. The molecule has 1 heterocycles. The van der Waals surface area contributed by atoms with Gasteiger partial charge in [0.25, 0.3) is 5.91 Å². The normalized spacial score (nSPS) is 19.4. The van der Waals surface area contributed by atoms with E-state index in [2.05, 4.69) is 0 Å². The zero-order chi connectivity index (χ0) is 20.3. The van der Waals surface area contributed by atoms with Gasteiger partial charge in [-0.15, -0.1) is 0 Å². The molecule has 5 nitrogen and oxygen atoms in total. The van der Waals surface area contributed by atoms with Gasteiger partial charge in [0.05, 0.1) is 13.7 Å². The van der Waals surface area contributed by atoms with E-state index in [4.69, 9.17) is 21.1 Å². The van der Waals surface area contributed by atoms with E-state index >= 15 is 0 Å². The van der Waals surface area contributed by atoms with E-state index in [-0.39, 0.29) is 19.1 Å². The number of methoxy groups -OCH3 is 1. The second-order valence-corrected chi connectivity index (χ2v) is 7.82. The minimum absolute atomic E-state index is 0.0982. The number of β-amino-alcohol motifs (C(OH)–C–C–N with tert-alkyl or cyclic N) is 1. The van der Waals surface area contributed by atoms with E-state index in [0.29, 0.717) is 30.0 Å². The summed E-state index contributed by atoms with van der Waals surface area (Å²) in [6.45, 7) is 4.83. The van der Waals surface area contributed by atoms with Crippen LogP contribution in [0, 0.1) is 13.8 Å². The van der Waals surface area contributed by atoms with Gasteiger partial charge in [-0.05, 0) is 74.2 Å². The molecule has 1 unspecified atom stereocenters. The average molecular weight is 404 g/mol. The summed E-state index contributed by atoms with van der Waals surface area (Å²) in [6.07, 6.45) is 1.31. The maximum Gasteiger partial charge on any atom is 0.253 e. The Kier molecular flexibility index (Phi) is 6.16. The molecule has 0 spiro atoms. The maximum atomic E-state index is 12.8. The number of carbonyl (C=O) groups excluding carboxylic acids is 1. The Morgan fingerprint density at radius 3 is 2.43 bits per heavy atom. The minimum Gasteiger partial charge on any atom is -0.497 e. The second kappa shape index (κ2) is 8.41. The molecule has 3 rings (SSSR count). The number of benzene rings is 2. The highest BCUT2D eigenvalue weighted by Gasteiger charge is 2.36. The Bertz CT molecular complexity index is 829. The summed E-state index contributed by atoms with van der Waals surface area (Å²) in [4.78, 5) is 14.5. The van der Waals surface area contributed by atoms with Crippen molar-refractivity contribution in [2.24, 2.45) is 0 Å². The Balaban J connectivity index is 1.66. The van der Waals surface area contributed by atoms with Crippen molar-refractivity contribution in [2.45, 2.75) is 32.3 Å². The lowest BCUT2D eigenvalue weighted by molar-refractivity contribution is -0.0532. The third kappa shape index (κ3) is 4.59. The van der Waals surface area contributed by atoms with Gasteiger partial charge >= 0.3 is 0 Å². The van der Waals surface area contributed by atoms with Gasteiger partial charge in [-0.1, -0.05) is 11.6 Å². The van der Waals surface area contributed by atoms with E-state index in [9.17, 15) is 9.90 Å². The van der Waals surface area contributed by atoms with Crippen molar-refractivity contribution in [3.8, 4) is 11.5 Å². The highest BCUT2D eigenvalue weighted by molar-refractivity contribution is 6.32. The van der Waals surface area contributed by atoms with Gasteiger partial charge in [-0.25, -0.2) is 0 Å². The SMILES string of the molecule is COc1ccc(C(=O)N2CCCC(O)(COc3cc(C)c(Cl)c(C)c3)C2)cc1. The van der Waals surface area contributed by atoms with E-state index < -0.39 is 5.60 Å². The van der Waals surface area contributed by atoms with Crippen molar-refractivity contribution in [2.75, 3.05) is 26.8 Å². The molecule has 1 N–H and O–H groups in total. The highest BCUT2D eigenvalue weighted by atomic mass is 35.5. The highest BCUT2D eigenvalue weighted by Crippen LogP contribution is 2.28. The van der Waals surface area contributed by atoms with Gasteiger partial charge < -0.3 is 19.5 Å². The van der Waals surface area contributed by atoms with Crippen molar-refractivity contribution in [3.63, 3.8) is 0 Å². The van der Waals surface area contributed by atoms with Crippen LogP contribution in [0.5, 0.6) is 11.5 Å². The van der Waals surface area contributed by atoms with Crippen LogP contribution in [-0.2, 0) is 0 Å². The number of hydrogen-bond acceptors (Lipinski definition) is 4. The van der Waals surface area contributed by atoms with E-state index in [1.807, 2.05) is 26.0 Å². The number of likely N-dealkylation sites (tertiary alicyclic amines) is 1. The van der Waals surface area contributed by atoms with E-state index in [1.165, 1.54) is 0 Å². The molecule has 1 aliphatic rings. The fraction of sp³-hybridized carbons (Fsp3) is 0.409. The summed E-state index contributed by atoms with van der Waals surface area (Å²) in [5, 5.41) is 11.7. The van der Waals surface area contributed by atoms with Crippen molar-refractivity contribution in [1.82, 2.24) is 4.90 Å². The van der Waals surface area contributed by atoms with Crippen molar-refractivity contribution in [3.05, 3.63) is 58.1 Å². The summed E-state index contributed by atoms with van der Waals surface area (Å²) in [6, 6.07) is 10.7. The monoisotopic (exact) mass is 403 g/mol. The third-order valence-corrected chi connectivity index (χ3v) is 5.69. The Hall–Kier alpha value is -2.24. The summed E-state index contributed by atoms with van der Waals surface area (Å²) in [7, 11) is 1.59. The molecule has 1 saturated heterocycles. The summed E-state index contributed by atoms with van der Waals surface area (Å²) < 4.78 is 11.0. The lowest BCUT2D eigenvalue weighted by Crippen LogP contribution is -2.53. The number of piperidine rings is 1. The van der Waals surface area contributed by atoms with Crippen molar-refractivity contribution < 1.29 is 19.4 Å². The van der Waals surface area contributed by atoms with E-state index in [1.54, 1.807) is 36.3 Å². The molecule has 150 valence electrons. The largest absolute Gasteiger partial charge is 0.497 e. The molecule has 0 saturated carbocycles. The molecule has 28 heavy (non-hydrogen) atoms. The molecule has 1 fully saturated rings. The molecule has 0 radical (unpaired) electrons. The van der Waals surface area contributed by atoms with Crippen LogP contribution in [0.3, 0.4) is 0 Å². The first kappa shape index (κ1) is 20.5. The molecule has 0 bridgehead atoms. The molecule has 2 aromatic carbocycles. The molecule has 0 aromatic heterocycles. The Morgan fingerprint density at radius 1 is 1.18 bits per heavy atom. The predicted molar refractivity (Wildman–Crippen MR) is 110 cm³/mol. The quantitative estimate of drug-likeness (QED) is 0.819. The number of aryl methyl sites for hydroxylation is 2. The fourth-order valence-electron chi connectivity index (χ4n) is 3.53. The minimum atomic E-state index is -1.08. The molecule has 0 aliphatic carbocycles. The van der Waals surface area contributed by atoms with Crippen molar-refractivity contribution in [1.29, 1.82) is 0 Å². The Morgan fingerprint density at radius 2 is 1.82 bits per heavy atom. The standard InChI is InChI=1S/C22H26ClNO4/c1-15-11-19(12-16(2)20(15)23)28-14-22(26)9-4-10-24(13-22)21(25)17-5-7-18(27-3)8-6-17/h5-8,11-12,26H,4,9-10,13-14H2,1-3H3. The summed E-state index contributed by atoms with van der Waals surface area (Å²) in [5.41, 5.74) is 1.36. The van der Waals surface area contributed by atoms with Gasteiger partial charge in [-0.3, -0.25) is 4.79 Å². The molecular formula is C22H26ClNO4. The van der Waals surface area contributed by atoms with Crippen LogP contribution < -0.4 is 9.47 Å². The lowest BCUT2D eigenvalue weighted by atomic mass is 9.93. The molecule has 6 heteroatoms. The first-order chi connectivity index (χ1) is 13.3. The number of rotatable bonds is 5. The number of nitrogens with zero attached hydrogens (tertiary/aromatic N) is 1. The molecule has 1 atom stereocenters. The molecule has 2 aromatic rings. The fourth-order valence-corrected chi connectivity index (χ4v) is 3.64. The molecular weight excluding hydrogens is 378 g/mol. The maximum absolute atomic E-state index is 12.8. The average Bonchev–Trinajstić information content (AvgIpc) is 2.70. The second-order valence-electron chi connectivity index (χ2n) is 7.44. The number of carbonyl (C=O) groups is 1. The van der Waals surface area contributed by atoms with E-state index in [0.717, 1.165) is 22.6 Å². The number of halogens is 1. The van der Waals surface area contributed by atoms with Crippen LogP contribution in [0.25, 0.3) is 0 Å². The van der Waals surface area contributed by atoms with Crippen LogP contribution in [0.2, 0.25) is 5.02 Å². The van der Waals surface area contributed by atoms with Crippen LogP contribution in [-0.4, -0.2) is 48.3 Å². The van der Waals surface area contributed by atoms with Crippen LogP contribution in [0.15, 0.2) is 36.4 Å². The first-order valence-electron chi connectivity index (χ1n) is 9.36. The van der Waals surface area contributed by atoms with Gasteiger partial charge in [-0.2, -0.15) is 0 Å². The smallest absolute Gasteiger partial charge is 0.253 e. The topological polar surface area (TPSA) is 59.0 Å². The number of ether oxygens (including phenoxy) is 2. The number of aliphatic hydroxyl groups is 1. The zero-order valence-corrected chi connectivity index (χ0v) is 17.3. The van der Waals surface area contributed by atoms with Gasteiger partial charge in [0.1, 0.15) is 23.7 Å². The van der Waals surface area contributed by atoms with Crippen LogP contribution in [0.1, 0.15) is 34.3 Å². The summed E-state index contributed by atoms with van der Waals surface area (Å²) >= 11 is 6.20. The third-order valence-electron chi connectivity index (χ3n) is 5.10. The Labute approximate surface area is 170 Å². The first-order valence-corrected chi connectivity index (χ1v) is 9.74. The van der Waals surface area contributed by atoms with Crippen LogP contribution in [0.4, 0.5) is 0 Å². The molecule has 1 aliphatic heterocycles.